The molecule has 0 aliphatic carbocycles. The number of carbonyl (C=O) groups excluding carboxylic acids is 1. The zero-order valence-corrected chi connectivity index (χ0v) is 18.0. The SMILES string of the molecule is Cc1ccc(C(=O)NC(=S)Nc2ccc(N=Nc3ccccc3)cc2)cc1I. The van der Waals surface area contributed by atoms with Crippen molar-refractivity contribution < 1.29 is 4.79 Å². The van der Waals surface area contributed by atoms with Crippen LogP contribution in [0, 0.1) is 10.5 Å². The van der Waals surface area contributed by atoms with E-state index in [1.165, 1.54) is 0 Å². The standard InChI is InChI=1S/C21H17IN4OS/c1-14-7-8-15(13-19(14)22)20(27)24-21(28)23-16-9-11-18(12-10-16)26-25-17-5-3-2-4-6-17/h2-13H,1H3,(H2,23,24,27,28). The van der Waals surface area contributed by atoms with E-state index < -0.39 is 0 Å². The van der Waals surface area contributed by atoms with Gasteiger partial charge in [0.15, 0.2) is 5.11 Å². The monoisotopic (exact) mass is 500 g/mol. The predicted octanol–water partition coefficient (Wildman–Crippen LogP) is 6.14. The van der Waals surface area contributed by atoms with E-state index in [0.29, 0.717) is 5.56 Å². The Bertz CT molecular complexity index is 1020. The second-order valence-electron chi connectivity index (χ2n) is 5.95. The van der Waals surface area contributed by atoms with E-state index in [0.717, 1.165) is 26.2 Å². The second-order valence-corrected chi connectivity index (χ2v) is 7.53. The summed E-state index contributed by atoms with van der Waals surface area (Å²) < 4.78 is 1.03. The fourth-order valence-electron chi connectivity index (χ4n) is 2.29. The van der Waals surface area contributed by atoms with E-state index >= 15 is 0 Å². The van der Waals surface area contributed by atoms with Gasteiger partial charge in [0, 0.05) is 14.8 Å². The highest BCUT2D eigenvalue weighted by Crippen LogP contribution is 2.20. The highest BCUT2D eigenvalue weighted by Gasteiger charge is 2.09. The van der Waals surface area contributed by atoms with Crippen LogP contribution < -0.4 is 10.6 Å². The van der Waals surface area contributed by atoms with Crippen LogP contribution in [-0.2, 0) is 0 Å². The molecule has 28 heavy (non-hydrogen) atoms. The van der Waals surface area contributed by atoms with Gasteiger partial charge in [-0.15, -0.1) is 0 Å². The smallest absolute Gasteiger partial charge is 0.257 e. The third-order valence-corrected chi connectivity index (χ3v) is 5.19. The van der Waals surface area contributed by atoms with Crippen molar-refractivity contribution in [1.29, 1.82) is 0 Å². The Balaban J connectivity index is 1.57. The number of benzene rings is 3. The Kier molecular flexibility index (Phi) is 6.83. The average Bonchev–Trinajstić information content (AvgIpc) is 2.70. The lowest BCUT2D eigenvalue weighted by atomic mass is 10.1. The molecule has 0 aromatic heterocycles. The van der Waals surface area contributed by atoms with E-state index in [1.54, 1.807) is 6.07 Å². The maximum Gasteiger partial charge on any atom is 0.257 e. The Labute approximate surface area is 182 Å². The Morgan fingerprint density at radius 3 is 2.21 bits per heavy atom. The number of thiocarbonyl (C=S) groups is 1. The third kappa shape index (κ3) is 5.67. The van der Waals surface area contributed by atoms with Crippen molar-refractivity contribution in [3.05, 3.63) is 87.5 Å². The normalized spacial score (nSPS) is 10.6. The quantitative estimate of drug-likeness (QED) is 0.257. The summed E-state index contributed by atoms with van der Waals surface area (Å²) in [5.74, 6) is -0.247. The second kappa shape index (κ2) is 9.52. The van der Waals surface area contributed by atoms with Gasteiger partial charge in [-0.1, -0.05) is 24.3 Å². The molecule has 2 N–H and O–H groups in total. The lowest BCUT2D eigenvalue weighted by molar-refractivity contribution is 0.0977. The summed E-state index contributed by atoms with van der Waals surface area (Å²) in [6, 6.07) is 22.3. The van der Waals surface area contributed by atoms with E-state index in [1.807, 2.05) is 73.7 Å². The maximum absolute atomic E-state index is 12.3. The topological polar surface area (TPSA) is 65.8 Å². The molecule has 0 saturated carbocycles. The predicted molar refractivity (Wildman–Crippen MR) is 125 cm³/mol. The molecule has 7 heteroatoms. The van der Waals surface area contributed by atoms with Crippen LogP contribution in [0.5, 0.6) is 0 Å². The molecule has 0 spiro atoms. The molecule has 5 nitrogen and oxygen atoms in total. The van der Waals surface area contributed by atoms with Crippen LogP contribution in [-0.4, -0.2) is 11.0 Å². The van der Waals surface area contributed by atoms with Crippen molar-refractivity contribution in [3.63, 3.8) is 0 Å². The average molecular weight is 500 g/mol. The van der Waals surface area contributed by atoms with Gasteiger partial charge < -0.3 is 5.32 Å². The minimum atomic E-state index is -0.247. The molecular weight excluding hydrogens is 483 g/mol. The first-order valence-corrected chi connectivity index (χ1v) is 9.95. The van der Waals surface area contributed by atoms with Crippen LogP contribution in [0.1, 0.15) is 15.9 Å². The number of hydrogen-bond acceptors (Lipinski definition) is 4. The van der Waals surface area contributed by atoms with Gasteiger partial charge in [0.25, 0.3) is 5.91 Å². The Hall–Kier alpha value is -2.65. The molecule has 0 bridgehead atoms. The number of azo groups is 1. The fourth-order valence-corrected chi connectivity index (χ4v) is 3.02. The van der Waals surface area contributed by atoms with Gasteiger partial charge in [0.1, 0.15) is 0 Å². The van der Waals surface area contributed by atoms with Crippen LogP contribution in [0.4, 0.5) is 17.1 Å². The van der Waals surface area contributed by atoms with Gasteiger partial charge in [0.2, 0.25) is 0 Å². The van der Waals surface area contributed by atoms with Gasteiger partial charge in [0.05, 0.1) is 11.4 Å². The number of rotatable bonds is 4. The number of carbonyl (C=O) groups is 1. The summed E-state index contributed by atoms with van der Waals surface area (Å²) in [5, 5.41) is 14.3. The zero-order valence-electron chi connectivity index (χ0n) is 15.0. The van der Waals surface area contributed by atoms with Crippen molar-refractivity contribution in [1.82, 2.24) is 5.32 Å². The summed E-state index contributed by atoms with van der Waals surface area (Å²) in [7, 11) is 0. The lowest BCUT2D eigenvalue weighted by Gasteiger charge is -2.10. The lowest BCUT2D eigenvalue weighted by Crippen LogP contribution is -2.34. The van der Waals surface area contributed by atoms with E-state index in [2.05, 4.69) is 43.5 Å². The van der Waals surface area contributed by atoms with Crippen molar-refractivity contribution in [3.8, 4) is 0 Å². The summed E-state index contributed by atoms with van der Waals surface area (Å²) in [4.78, 5) is 12.3. The van der Waals surface area contributed by atoms with Crippen LogP contribution in [0.2, 0.25) is 0 Å². The molecule has 0 fully saturated rings. The number of aryl methyl sites for hydroxylation is 1. The van der Waals surface area contributed by atoms with E-state index in [9.17, 15) is 4.79 Å². The summed E-state index contributed by atoms with van der Waals surface area (Å²) >= 11 is 7.44. The van der Waals surface area contributed by atoms with Crippen LogP contribution in [0.25, 0.3) is 0 Å². The van der Waals surface area contributed by atoms with Gasteiger partial charge in [-0.2, -0.15) is 10.2 Å². The fraction of sp³-hybridized carbons (Fsp3) is 0.0476. The zero-order chi connectivity index (χ0) is 19.9. The minimum Gasteiger partial charge on any atom is -0.332 e. The van der Waals surface area contributed by atoms with Gasteiger partial charge in [-0.05, 0) is 95.8 Å². The molecule has 1 amide bonds. The molecule has 0 heterocycles. The van der Waals surface area contributed by atoms with Crippen molar-refractivity contribution >= 4 is 62.9 Å². The van der Waals surface area contributed by atoms with E-state index in [4.69, 9.17) is 12.2 Å². The number of amides is 1. The molecule has 140 valence electrons. The summed E-state index contributed by atoms with van der Waals surface area (Å²) in [6.45, 7) is 2.00. The molecule has 0 radical (unpaired) electrons. The Morgan fingerprint density at radius 1 is 0.929 bits per heavy atom. The minimum absolute atomic E-state index is 0.235. The van der Waals surface area contributed by atoms with Crippen LogP contribution in [0.15, 0.2) is 83.0 Å². The number of halogens is 1. The first-order chi connectivity index (χ1) is 13.5. The molecule has 0 saturated heterocycles. The van der Waals surface area contributed by atoms with Gasteiger partial charge in [-0.3, -0.25) is 10.1 Å². The molecular formula is C21H17IN4OS. The van der Waals surface area contributed by atoms with Gasteiger partial charge >= 0.3 is 0 Å². The largest absolute Gasteiger partial charge is 0.332 e. The summed E-state index contributed by atoms with van der Waals surface area (Å²) in [6.07, 6.45) is 0. The number of nitrogens with zero attached hydrogens (tertiary/aromatic N) is 2. The van der Waals surface area contributed by atoms with Crippen molar-refractivity contribution in [2.75, 3.05) is 5.32 Å². The number of nitrogens with one attached hydrogen (secondary N) is 2. The highest BCUT2D eigenvalue weighted by molar-refractivity contribution is 14.1. The van der Waals surface area contributed by atoms with Crippen LogP contribution in [0.3, 0.4) is 0 Å². The molecule has 3 aromatic carbocycles. The molecule has 0 aliphatic heterocycles. The molecule has 0 atom stereocenters. The highest BCUT2D eigenvalue weighted by atomic mass is 127. The van der Waals surface area contributed by atoms with Crippen LogP contribution >= 0.6 is 34.8 Å². The Morgan fingerprint density at radius 2 is 1.57 bits per heavy atom. The molecule has 3 aromatic rings. The molecule has 0 aliphatic rings. The first-order valence-electron chi connectivity index (χ1n) is 8.46. The van der Waals surface area contributed by atoms with Crippen molar-refractivity contribution in [2.45, 2.75) is 6.92 Å². The molecule has 3 rings (SSSR count). The number of hydrogen-bond donors (Lipinski definition) is 2. The van der Waals surface area contributed by atoms with Gasteiger partial charge in [-0.25, -0.2) is 0 Å². The van der Waals surface area contributed by atoms with Crippen molar-refractivity contribution in [2.24, 2.45) is 10.2 Å². The first kappa shape index (κ1) is 20.1. The van der Waals surface area contributed by atoms with E-state index in [-0.39, 0.29) is 11.0 Å². The summed E-state index contributed by atoms with van der Waals surface area (Å²) in [5.41, 5.74) is 3.96. The molecule has 0 unspecified atom stereocenters. The number of anilines is 1. The third-order valence-electron chi connectivity index (χ3n) is 3.82. The maximum atomic E-state index is 12.3.